The lowest BCUT2D eigenvalue weighted by Gasteiger charge is -2.28. The maximum Gasteiger partial charge on any atom is 0.183 e. The minimum absolute atomic E-state index is 0.000658. The summed E-state index contributed by atoms with van der Waals surface area (Å²) in [6, 6.07) is 15.8. The maximum absolute atomic E-state index is 13.1. The van der Waals surface area contributed by atoms with E-state index in [-0.39, 0.29) is 22.4 Å². The van der Waals surface area contributed by atoms with Crippen LogP contribution in [-0.4, -0.2) is 65.2 Å². The molecule has 1 unspecified atom stereocenters. The molecular formula is C22H30N2O4S2. The van der Waals surface area contributed by atoms with Gasteiger partial charge in [0.25, 0.3) is 0 Å². The van der Waals surface area contributed by atoms with Crippen molar-refractivity contribution in [3.05, 3.63) is 65.7 Å². The van der Waals surface area contributed by atoms with Gasteiger partial charge < -0.3 is 10.2 Å². The molecule has 1 aliphatic rings. The molecule has 1 heterocycles. The van der Waals surface area contributed by atoms with Crippen molar-refractivity contribution >= 4 is 19.7 Å². The van der Waals surface area contributed by atoms with Gasteiger partial charge in [0, 0.05) is 18.6 Å². The van der Waals surface area contributed by atoms with Crippen LogP contribution in [0.4, 0.5) is 0 Å². The molecular weight excluding hydrogens is 420 g/mol. The van der Waals surface area contributed by atoms with Crippen LogP contribution >= 0.6 is 0 Å². The summed E-state index contributed by atoms with van der Waals surface area (Å²) in [5.41, 5.74) is 2.35. The molecule has 0 bridgehead atoms. The van der Waals surface area contributed by atoms with Crippen LogP contribution in [0.3, 0.4) is 0 Å². The number of sulfone groups is 2. The van der Waals surface area contributed by atoms with Crippen LogP contribution in [0.2, 0.25) is 0 Å². The lowest BCUT2D eigenvalue weighted by Crippen LogP contribution is -2.46. The lowest BCUT2D eigenvalue weighted by molar-refractivity contribution is 0.282. The first-order chi connectivity index (χ1) is 14.1. The molecule has 6 nitrogen and oxygen atoms in total. The molecule has 3 atom stereocenters. The number of hydrogen-bond donors (Lipinski definition) is 1. The van der Waals surface area contributed by atoms with Gasteiger partial charge in [-0.15, -0.1) is 0 Å². The van der Waals surface area contributed by atoms with Crippen LogP contribution in [0.25, 0.3) is 0 Å². The Hall–Kier alpha value is -1.74. The summed E-state index contributed by atoms with van der Waals surface area (Å²) >= 11 is 0. The average Bonchev–Trinajstić information content (AvgIpc) is 3.04. The van der Waals surface area contributed by atoms with Crippen LogP contribution in [0.5, 0.6) is 0 Å². The number of benzene rings is 2. The van der Waals surface area contributed by atoms with Crippen molar-refractivity contribution in [2.75, 3.05) is 32.1 Å². The Morgan fingerprint density at radius 2 is 1.67 bits per heavy atom. The Morgan fingerprint density at radius 3 is 2.23 bits per heavy atom. The predicted octanol–water partition coefficient (Wildman–Crippen LogP) is 2.08. The molecule has 1 fully saturated rings. The second kappa shape index (κ2) is 9.18. The molecule has 0 radical (unpaired) electrons. The normalized spacial score (nSPS) is 22.3. The fraction of sp³-hybridized carbons (Fsp3) is 0.455. The summed E-state index contributed by atoms with van der Waals surface area (Å²) < 4.78 is 50.9. The highest BCUT2D eigenvalue weighted by Gasteiger charge is 2.45. The van der Waals surface area contributed by atoms with Gasteiger partial charge in [0.15, 0.2) is 19.7 Å². The first-order valence-electron chi connectivity index (χ1n) is 10.1. The smallest absolute Gasteiger partial charge is 0.183 e. The number of rotatable bonds is 8. The van der Waals surface area contributed by atoms with E-state index in [9.17, 15) is 16.8 Å². The molecule has 1 N–H and O–H groups in total. The standard InChI is InChI=1S/C22H30N2O4S2/c1-4-17-10-12-18(13-11-17)21(24(2)3)14-23-20-15-29(25,26)16-22(20)30(27,28)19-8-6-5-7-9-19/h5-13,20-23H,4,14-16H2,1-3H3/t20-,21?,22-/m0/s1. The van der Waals surface area contributed by atoms with Crippen molar-refractivity contribution in [1.29, 1.82) is 0 Å². The minimum Gasteiger partial charge on any atom is -0.310 e. The van der Waals surface area contributed by atoms with Gasteiger partial charge in [-0.25, -0.2) is 16.8 Å². The van der Waals surface area contributed by atoms with Gasteiger partial charge in [-0.3, -0.25) is 0 Å². The van der Waals surface area contributed by atoms with Gasteiger partial charge in [-0.1, -0.05) is 49.4 Å². The Kier molecular flexibility index (Phi) is 7.02. The topological polar surface area (TPSA) is 83.5 Å². The number of hydrogen-bond acceptors (Lipinski definition) is 6. The van der Waals surface area contributed by atoms with E-state index >= 15 is 0 Å². The number of likely N-dealkylation sites (N-methyl/N-ethyl adjacent to an activating group) is 1. The monoisotopic (exact) mass is 450 g/mol. The zero-order valence-corrected chi connectivity index (χ0v) is 19.3. The van der Waals surface area contributed by atoms with E-state index in [4.69, 9.17) is 0 Å². The van der Waals surface area contributed by atoms with Crippen LogP contribution in [-0.2, 0) is 26.1 Å². The van der Waals surface area contributed by atoms with Crippen LogP contribution in [0.1, 0.15) is 24.1 Å². The summed E-state index contributed by atoms with van der Waals surface area (Å²) in [4.78, 5) is 2.22. The third-order valence-corrected chi connectivity index (χ3v) is 9.91. The Morgan fingerprint density at radius 1 is 1.03 bits per heavy atom. The number of nitrogens with zero attached hydrogens (tertiary/aromatic N) is 1. The Bertz CT molecular complexity index is 1050. The molecule has 0 aliphatic carbocycles. The van der Waals surface area contributed by atoms with E-state index < -0.39 is 31.0 Å². The van der Waals surface area contributed by atoms with Gasteiger partial charge in [0.05, 0.1) is 21.7 Å². The molecule has 2 aromatic carbocycles. The summed E-state index contributed by atoms with van der Waals surface area (Å²) in [7, 11) is -3.26. The van der Waals surface area contributed by atoms with Gasteiger partial charge in [-0.05, 0) is 43.8 Å². The first kappa shape index (κ1) is 22.9. The fourth-order valence-corrected chi connectivity index (χ4v) is 8.67. The predicted molar refractivity (Wildman–Crippen MR) is 120 cm³/mol. The van der Waals surface area contributed by atoms with Gasteiger partial charge in [-0.2, -0.15) is 0 Å². The summed E-state index contributed by atoms with van der Waals surface area (Å²) in [5, 5.41) is 2.28. The molecule has 30 heavy (non-hydrogen) atoms. The zero-order chi connectivity index (χ0) is 21.9. The lowest BCUT2D eigenvalue weighted by atomic mass is 10.0. The molecule has 8 heteroatoms. The summed E-state index contributed by atoms with van der Waals surface area (Å²) in [5.74, 6) is -0.516. The highest BCUT2D eigenvalue weighted by molar-refractivity contribution is 7.96. The van der Waals surface area contributed by atoms with E-state index in [2.05, 4.69) is 41.4 Å². The number of nitrogens with one attached hydrogen (secondary N) is 1. The molecule has 3 rings (SSSR count). The van der Waals surface area contributed by atoms with E-state index in [0.717, 1.165) is 12.0 Å². The molecule has 0 saturated carbocycles. The van der Waals surface area contributed by atoms with E-state index in [1.165, 1.54) is 17.7 Å². The highest BCUT2D eigenvalue weighted by Crippen LogP contribution is 2.27. The fourth-order valence-electron chi connectivity index (χ4n) is 3.93. The third kappa shape index (κ3) is 5.11. The Balaban J connectivity index is 1.81. The Labute approximate surface area is 180 Å². The second-order valence-electron chi connectivity index (χ2n) is 8.06. The van der Waals surface area contributed by atoms with E-state index in [0.29, 0.717) is 6.54 Å². The molecule has 164 valence electrons. The van der Waals surface area contributed by atoms with Gasteiger partial charge in [0.2, 0.25) is 0 Å². The quantitative estimate of drug-likeness (QED) is 0.663. The first-order valence-corrected chi connectivity index (χ1v) is 13.5. The van der Waals surface area contributed by atoms with Crippen LogP contribution in [0, 0.1) is 0 Å². The third-order valence-electron chi connectivity index (χ3n) is 5.74. The van der Waals surface area contributed by atoms with Crippen LogP contribution in [0.15, 0.2) is 59.5 Å². The van der Waals surface area contributed by atoms with Gasteiger partial charge >= 0.3 is 0 Å². The van der Waals surface area contributed by atoms with Crippen molar-refractivity contribution < 1.29 is 16.8 Å². The van der Waals surface area contributed by atoms with Crippen LogP contribution < -0.4 is 5.32 Å². The molecule has 0 spiro atoms. The molecule has 1 saturated heterocycles. The highest BCUT2D eigenvalue weighted by atomic mass is 32.2. The largest absolute Gasteiger partial charge is 0.310 e. The minimum atomic E-state index is -3.76. The van der Waals surface area contributed by atoms with Gasteiger partial charge in [0.1, 0.15) is 0 Å². The van der Waals surface area contributed by atoms with Crippen molar-refractivity contribution in [2.24, 2.45) is 0 Å². The second-order valence-corrected chi connectivity index (χ2v) is 12.4. The van der Waals surface area contributed by atoms with Crippen molar-refractivity contribution in [1.82, 2.24) is 10.2 Å². The molecule has 1 aliphatic heterocycles. The average molecular weight is 451 g/mol. The molecule has 2 aromatic rings. The maximum atomic E-state index is 13.1. The molecule has 0 aromatic heterocycles. The van der Waals surface area contributed by atoms with E-state index in [1.807, 2.05) is 14.1 Å². The zero-order valence-electron chi connectivity index (χ0n) is 17.7. The number of aryl methyl sites for hydroxylation is 1. The SMILES string of the molecule is CCc1ccc(C(CN[C@H]2CS(=O)(=O)C[C@@H]2S(=O)(=O)c2ccccc2)N(C)C)cc1. The summed E-state index contributed by atoms with van der Waals surface area (Å²) in [6.07, 6.45) is 0.962. The van der Waals surface area contributed by atoms with Crippen molar-refractivity contribution in [2.45, 2.75) is 35.6 Å². The van der Waals surface area contributed by atoms with Crippen molar-refractivity contribution in [3.8, 4) is 0 Å². The molecule has 0 amide bonds. The van der Waals surface area contributed by atoms with E-state index in [1.54, 1.807) is 18.2 Å². The summed E-state index contributed by atoms with van der Waals surface area (Å²) in [6.45, 7) is 2.56. The van der Waals surface area contributed by atoms with Crippen molar-refractivity contribution in [3.63, 3.8) is 0 Å².